The fourth-order valence-corrected chi connectivity index (χ4v) is 2.91. The van der Waals surface area contributed by atoms with Gasteiger partial charge in [0, 0.05) is 33.5 Å². The Kier molecular flexibility index (Phi) is 4.82. The molecule has 18 heavy (non-hydrogen) atoms. The van der Waals surface area contributed by atoms with E-state index in [4.69, 9.17) is 5.84 Å². The Balaban J connectivity index is 2.23. The number of hydrogen-bond acceptors (Lipinski definition) is 4. The van der Waals surface area contributed by atoms with Gasteiger partial charge in [0.05, 0.1) is 11.7 Å². The zero-order valence-corrected chi connectivity index (χ0v) is 12.6. The van der Waals surface area contributed by atoms with Crippen LogP contribution in [0.5, 0.6) is 0 Å². The molecule has 4 nitrogen and oxygen atoms in total. The highest BCUT2D eigenvalue weighted by molar-refractivity contribution is 9.11. The van der Waals surface area contributed by atoms with Gasteiger partial charge >= 0.3 is 0 Å². The number of hydrogen-bond donors (Lipinski definition) is 2. The lowest BCUT2D eigenvalue weighted by atomic mass is 10.1. The highest BCUT2D eigenvalue weighted by Gasteiger charge is 2.16. The summed E-state index contributed by atoms with van der Waals surface area (Å²) in [6.45, 7) is 0. The van der Waals surface area contributed by atoms with E-state index in [9.17, 15) is 0 Å². The first-order valence-electron chi connectivity index (χ1n) is 5.37. The van der Waals surface area contributed by atoms with Crippen molar-refractivity contribution in [3.8, 4) is 0 Å². The molecule has 2 rings (SSSR count). The number of nitrogens with two attached hydrogens (primary N) is 1. The Bertz CT molecular complexity index is 519. The molecule has 0 bridgehead atoms. The average Bonchev–Trinajstić information content (AvgIpc) is 2.38. The van der Waals surface area contributed by atoms with Crippen molar-refractivity contribution in [3.05, 3.63) is 57.0 Å². The van der Waals surface area contributed by atoms with Crippen LogP contribution in [0.2, 0.25) is 0 Å². The summed E-state index contributed by atoms with van der Waals surface area (Å²) < 4.78 is 1.84. The average molecular weight is 372 g/mol. The second-order valence-corrected chi connectivity index (χ2v) is 5.54. The Morgan fingerprint density at radius 3 is 2.72 bits per heavy atom. The lowest BCUT2D eigenvalue weighted by molar-refractivity contribution is 0.530. The Morgan fingerprint density at radius 1 is 1.28 bits per heavy atom. The molecule has 2 aromatic heterocycles. The quantitative estimate of drug-likeness (QED) is 0.640. The lowest BCUT2D eigenvalue weighted by Gasteiger charge is -2.16. The van der Waals surface area contributed by atoms with Crippen LogP contribution in [0.3, 0.4) is 0 Å². The third kappa shape index (κ3) is 3.35. The summed E-state index contributed by atoms with van der Waals surface area (Å²) >= 11 is 6.87. The van der Waals surface area contributed by atoms with Crippen molar-refractivity contribution in [2.45, 2.75) is 12.5 Å². The summed E-state index contributed by atoms with van der Waals surface area (Å²) in [6, 6.07) is 7.69. The molecule has 1 unspecified atom stereocenters. The molecule has 0 radical (unpaired) electrons. The highest BCUT2D eigenvalue weighted by atomic mass is 79.9. The maximum atomic E-state index is 5.61. The minimum Gasteiger partial charge on any atom is -0.271 e. The highest BCUT2D eigenvalue weighted by Crippen LogP contribution is 2.25. The van der Waals surface area contributed by atoms with Gasteiger partial charge in [-0.05, 0) is 50.1 Å². The molecule has 94 valence electrons. The van der Waals surface area contributed by atoms with E-state index < -0.39 is 0 Å². The molecule has 2 heterocycles. The van der Waals surface area contributed by atoms with Gasteiger partial charge in [-0.2, -0.15) is 0 Å². The summed E-state index contributed by atoms with van der Waals surface area (Å²) in [6.07, 6.45) is 4.21. The molecule has 3 N–H and O–H groups in total. The third-order valence-electron chi connectivity index (χ3n) is 2.51. The molecule has 6 heteroatoms. The van der Waals surface area contributed by atoms with Gasteiger partial charge in [0.25, 0.3) is 0 Å². The van der Waals surface area contributed by atoms with Crippen molar-refractivity contribution in [2.24, 2.45) is 5.84 Å². The fraction of sp³-hybridized carbons (Fsp3) is 0.167. The van der Waals surface area contributed by atoms with Crippen molar-refractivity contribution < 1.29 is 0 Å². The molecule has 2 aromatic rings. The van der Waals surface area contributed by atoms with Gasteiger partial charge in [-0.25, -0.2) is 0 Å². The van der Waals surface area contributed by atoms with Crippen LogP contribution in [-0.2, 0) is 6.42 Å². The number of nitrogens with one attached hydrogen (secondary N) is 1. The molecule has 0 amide bonds. The van der Waals surface area contributed by atoms with Crippen LogP contribution < -0.4 is 11.3 Å². The summed E-state index contributed by atoms with van der Waals surface area (Å²) in [5.74, 6) is 5.61. The zero-order chi connectivity index (χ0) is 13.0. The van der Waals surface area contributed by atoms with Gasteiger partial charge in [0.1, 0.15) is 0 Å². The van der Waals surface area contributed by atoms with Crippen molar-refractivity contribution in [2.75, 3.05) is 0 Å². The Labute approximate surface area is 122 Å². The first-order valence-corrected chi connectivity index (χ1v) is 6.96. The topological polar surface area (TPSA) is 63.8 Å². The standard InChI is InChI=1S/C12H12Br2N4/c13-8-5-10(14)12(17-7-8)11(18-15)6-9-3-1-2-4-16-9/h1-5,7,11,18H,6,15H2. The predicted octanol–water partition coefficient (Wildman–Crippen LogP) is 2.75. The maximum Gasteiger partial charge on any atom is 0.0733 e. The normalized spacial score (nSPS) is 12.4. The van der Waals surface area contributed by atoms with Crippen LogP contribution in [0.1, 0.15) is 17.4 Å². The Hall–Kier alpha value is -0.820. The van der Waals surface area contributed by atoms with Crippen LogP contribution in [0.25, 0.3) is 0 Å². The van der Waals surface area contributed by atoms with Crippen molar-refractivity contribution in [1.82, 2.24) is 15.4 Å². The summed E-state index contributed by atoms with van der Waals surface area (Å²) in [7, 11) is 0. The lowest BCUT2D eigenvalue weighted by Crippen LogP contribution is -2.30. The van der Waals surface area contributed by atoms with Crippen molar-refractivity contribution in [3.63, 3.8) is 0 Å². The summed E-state index contributed by atoms with van der Waals surface area (Å²) in [5.41, 5.74) is 4.62. The van der Waals surface area contributed by atoms with E-state index in [1.165, 1.54) is 0 Å². The molecule has 0 aliphatic carbocycles. The van der Waals surface area contributed by atoms with E-state index in [1.54, 1.807) is 12.4 Å². The fourth-order valence-electron chi connectivity index (χ4n) is 1.64. The number of pyridine rings is 2. The molecule has 0 fully saturated rings. The summed E-state index contributed by atoms with van der Waals surface area (Å²) in [4.78, 5) is 8.67. The van der Waals surface area contributed by atoms with Gasteiger partial charge in [-0.15, -0.1) is 0 Å². The smallest absolute Gasteiger partial charge is 0.0733 e. The van der Waals surface area contributed by atoms with Crippen LogP contribution in [-0.4, -0.2) is 9.97 Å². The molecule has 0 aromatic carbocycles. The van der Waals surface area contributed by atoms with Gasteiger partial charge in [0.2, 0.25) is 0 Å². The first-order chi connectivity index (χ1) is 8.70. The largest absolute Gasteiger partial charge is 0.271 e. The second-order valence-electron chi connectivity index (χ2n) is 3.77. The van der Waals surface area contributed by atoms with Crippen LogP contribution >= 0.6 is 31.9 Å². The summed E-state index contributed by atoms with van der Waals surface area (Å²) in [5, 5.41) is 0. The van der Waals surface area contributed by atoms with Crippen LogP contribution in [0.4, 0.5) is 0 Å². The van der Waals surface area contributed by atoms with Crippen LogP contribution in [0.15, 0.2) is 45.6 Å². The van der Waals surface area contributed by atoms with E-state index in [0.29, 0.717) is 6.42 Å². The minimum atomic E-state index is -0.0811. The Morgan fingerprint density at radius 2 is 2.11 bits per heavy atom. The number of nitrogens with zero attached hydrogens (tertiary/aromatic N) is 2. The van der Waals surface area contributed by atoms with E-state index in [2.05, 4.69) is 47.3 Å². The third-order valence-corrected chi connectivity index (χ3v) is 3.58. The molecule has 0 saturated carbocycles. The molecular formula is C12H12Br2N4. The van der Waals surface area contributed by atoms with Gasteiger partial charge in [-0.3, -0.25) is 21.2 Å². The van der Waals surface area contributed by atoms with E-state index in [-0.39, 0.29) is 6.04 Å². The van der Waals surface area contributed by atoms with Crippen molar-refractivity contribution in [1.29, 1.82) is 0 Å². The van der Waals surface area contributed by atoms with Crippen LogP contribution in [0, 0.1) is 0 Å². The number of rotatable bonds is 4. The van der Waals surface area contributed by atoms with E-state index in [1.807, 2.05) is 24.3 Å². The SMILES string of the molecule is NNC(Cc1ccccn1)c1ncc(Br)cc1Br. The number of aromatic nitrogens is 2. The molecule has 1 atom stereocenters. The van der Waals surface area contributed by atoms with E-state index >= 15 is 0 Å². The van der Waals surface area contributed by atoms with Crippen molar-refractivity contribution >= 4 is 31.9 Å². The minimum absolute atomic E-state index is 0.0811. The number of hydrazine groups is 1. The molecule has 0 aliphatic heterocycles. The van der Waals surface area contributed by atoms with Gasteiger partial charge < -0.3 is 0 Å². The molecule has 0 spiro atoms. The number of halogens is 2. The molecular weight excluding hydrogens is 360 g/mol. The van der Waals surface area contributed by atoms with Gasteiger partial charge in [0.15, 0.2) is 0 Å². The van der Waals surface area contributed by atoms with E-state index in [0.717, 1.165) is 20.3 Å². The predicted molar refractivity (Wildman–Crippen MR) is 77.6 cm³/mol. The zero-order valence-electron chi connectivity index (χ0n) is 9.48. The maximum absolute atomic E-state index is 5.61. The molecule has 0 saturated heterocycles. The first kappa shape index (κ1) is 13.6. The van der Waals surface area contributed by atoms with Gasteiger partial charge in [-0.1, -0.05) is 6.07 Å². The molecule has 0 aliphatic rings. The monoisotopic (exact) mass is 370 g/mol. The second kappa shape index (κ2) is 6.38.